The minimum absolute atomic E-state index is 0.0153. The number of nitrogens with zero attached hydrogens (tertiary/aromatic N) is 1. The number of anilines is 1. The van der Waals surface area contributed by atoms with Gasteiger partial charge in [0.05, 0.1) is 32.1 Å². The SMILES string of the molecule is COCCOc1ccc(C(F)(F)F)cc1NC(=O)CN1C(=O)NC(C)(c2ccc(OC)c(OC)c2)C1=O. The van der Waals surface area contributed by atoms with Crippen molar-refractivity contribution in [2.45, 2.75) is 18.6 Å². The zero-order valence-electron chi connectivity index (χ0n) is 20.5. The van der Waals surface area contributed by atoms with Gasteiger partial charge in [0, 0.05) is 7.11 Å². The molecule has 1 unspecified atom stereocenters. The predicted octanol–water partition coefficient (Wildman–Crippen LogP) is 3.15. The Balaban J connectivity index is 1.81. The molecule has 0 aromatic heterocycles. The van der Waals surface area contributed by atoms with E-state index in [9.17, 15) is 27.6 Å². The molecule has 1 fully saturated rings. The molecule has 1 aliphatic heterocycles. The number of carbonyl (C=O) groups is 3. The summed E-state index contributed by atoms with van der Waals surface area (Å²) in [6.07, 6.45) is -4.67. The van der Waals surface area contributed by atoms with Crippen molar-refractivity contribution in [2.24, 2.45) is 0 Å². The number of hydrogen-bond acceptors (Lipinski definition) is 7. The van der Waals surface area contributed by atoms with Crippen LogP contribution in [0.15, 0.2) is 36.4 Å². The molecule has 0 bridgehead atoms. The standard InChI is InChI=1S/C24H26F3N3O7/c1-23(14-5-8-18(35-3)19(12-14)36-4)21(32)30(22(33)29-23)13-20(31)28-16-11-15(24(25,26)27)6-7-17(16)37-10-9-34-2/h5-8,11-12H,9-10,13H2,1-4H3,(H,28,31)(H,29,33). The molecule has 2 aromatic carbocycles. The van der Waals surface area contributed by atoms with Gasteiger partial charge in [-0.05, 0) is 42.8 Å². The van der Waals surface area contributed by atoms with Gasteiger partial charge in [-0.15, -0.1) is 0 Å². The molecule has 10 nitrogen and oxygen atoms in total. The van der Waals surface area contributed by atoms with Crippen LogP contribution in [0.5, 0.6) is 17.2 Å². The summed E-state index contributed by atoms with van der Waals surface area (Å²) in [5.41, 5.74) is -2.44. The molecule has 200 valence electrons. The zero-order chi connectivity index (χ0) is 27.4. The van der Waals surface area contributed by atoms with Crippen molar-refractivity contribution >= 4 is 23.5 Å². The van der Waals surface area contributed by atoms with E-state index in [0.717, 1.165) is 12.1 Å². The summed E-state index contributed by atoms with van der Waals surface area (Å²) >= 11 is 0. The van der Waals surface area contributed by atoms with Crippen LogP contribution in [0.25, 0.3) is 0 Å². The highest BCUT2D eigenvalue weighted by molar-refractivity contribution is 6.10. The van der Waals surface area contributed by atoms with Crippen LogP contribution in [-0.4, -0.2) is 63.8 Å². The van der Waals surface area contributed by atoms with E-state index < -0.39 is 41.7 Å². The Morgan fingerprint density at radius 1 is 1.00 bits per heavy atom. The predicted molar refractivity (Wildman–Crippen MR) is 125 cm³/mol. The van der Waals surface area contributed by atoms with E-state index >= 15 is 0 Å². The molecule has 1 heterocycles. The molecular weight excluding hydrogens is 499 g/mol. The van der Waals surface area contributed by atoms with Gasteiger partial charge in [-0.2, -0.15) is 13.2 Å². The third-order valence-electron chi connectivity index (χ3n) is 5.66. The molecule has 1 saturated heterocycles. The number of imide groups is 1. The van der Waals surface area contributed by atoms with Crippen LogP contribution in [0.2, 0.25) is 0 Å². The molecule has 13 heteroatoms. The topological polar surface area (TPSA) is 115 Å². The number of ether oxygens (including phenoxy) is 4. The fourth-order valence-corrected chi connectivity index (χ4v) is 3.68. The summed E-state index contributed by atoms with van der Waals surface area (Å²) in [7, 11) is 4.28. The quantitative estimate of drug-likeness (QED) is 0.362. The fourth-order valence-electron chi connectivity index (χ4n) is 3.68. The van der Waals surface area contributed by atoms with Crippen LogP contribution in [-0.2, 0) is 26.0 Å². The lowest BCUT2D eigenvalue weighted by Gasteiger charge is -2.23. The number of rotatable bonds is 10. The van der Waals surface area contributed by atoms with Crippen molar-refractivity contribution in [3.63, 3.8) is 0 Å². The molecule has 0 radical (unpaired) electrons. The summed E-state index contributed by atoms with van der Waals surface area (Å²) in [6, 6.07) is 6.38. The minimum atomic E-state index is -4.67. The molecule has 3 rings (SSSR count). The summed E-state index contributed by atoms with van der Waals surface area (Å²) in [4.78, 5) is 39.3. The van der Waals surface area contributed by atoms with Crippen molar-refractivity contribution in [3.8, 4) is 17.2 Å². The Kier molecular flexibility index (Phi) is 8.16. The molecular formula is C24H26F3N3O7. The Morgan fingerprint density at radius 2 is 1.68 bits per heavy atom. The average molecular weight is 525 g/mol. The number of carbonyl (C=O) groups excluding carboxylic acids is 3. The molecule has 0 spiro atoms. The van der Waals surface area contributed by atoms with E-state index in [0.29, 0.717) is 28.0 Å². The first-order valence-corrected chi connectivity index (χ1v) is 10.9. The van der Waals surface area contributed by atoms with Gasteiger partial charge < -0.3 is 29.6 Å². The highest BCUT2D eigenvalue weighted by Gasteiger charge is 2.49. The van der Waals surface area contributed by atoms with Crippen molar-refractivity contribution < 1.29 is 46.5 Å². The molecule has 4 amide bonds. The largest absolute Gasteiger partial charge is 0.493 e. The van der Waals surface area contributed by atoms with E-state index in [-0.39, 0.29) is 24.7 Å². The second kappa shape index (κ2) is 10.9. The Morgan fingerprint density at radius 3 is 2.30 bits per heavy atom. The summed E-state index contributed by atoms with van der Waals surface area (Å²) in [6.45, 7) is 0.884. The van der Waals surface area contributed by atoms with Gasteiger partial charge in [-0.1, -0.05) is 6.07 Å². The second-order valence-electron chi connectivity index (χ2n) is 8.11. The first-order valence-electron chi connectivity index (χ1n) is 10.9. The van der Waals surface area contributed by atoms with Crippen LogP contribution in [0.4, 0.5) is 23.7 Å². The highest BCUT2D eigenvalue weighted by Crippen LogP contribution is 2.37. The van der Waals surface area contributed by atoms with E-state index in [2.05, 4.69) is 10.6 Å². The number of benzene rings is 2. The van der Waals surface area contributed by atoms with Crippen LogP contribution in [0, 0.1) is 0 Å². The van der Waals surface area contributed by atoms with Gasteiger partial charge in [-0.3, -0.25) is 14.5 Å². The average Bonchev–Trinajstić information content (AvgIpc) is 3.07. The van der Waals surface area contributed by atoms with E-state index in [1.807, 2.05) is 0 Å². The van der Waals surface area contributed by atoms with Crippen LogP contribution in [0.3, 0.4) is 0 Å². The maximum atomic E-state index is 13.2. The third-order valence-corrected chi connectivity index (χ3v) is 5.66. The maximum Gasteiger partial charge on any atom is 0.416 e. The minimum Gasteiger partial charge on any atom is -0.493 e. The number of methoxy groups -OCH3 is 3. The van der Waals surface area contributed by atoms with Crippen LogP contribution < -0.4 is 24.8 Å². The molecule has 0 aliphatic carbocycles. The Hall–Kier alpha value is -4.00. The molecule has 0 saturated carbocycles. The number of amides is 4. The summed E-state index contributed by atoms with van der Waals surface area (Å²) in [5, 5.41) is 4.86. The smallest absolute Gasteiger partial charge is 0.416 e. The van der Waals surface area contributed by atoms with Crippen molar-refractivity contribution in [3.05, 3.63) is 47.5 Å². The molecule has 37 heavy (non-hydrogen) atoms. The first kappa shape index (κ1) is 27.6. The van der Waals surface area contributed by atoms with Gasteiger partial charge in [0.1, 0.15) is 24.4 Å². The number of halogens is 3. The van der Waals surface area contributed by atoms with E-state index in [1.54, 1.807) is 12.1 Å². The normalized spacial score (nSPS) is 17.4. The number of urea groups is 1. The molecule has 1 atom stereocenters. The number of hydrogen-bond donors (Lipinski definition) is 2. The van der Waals surface area contributed by atoms with Crippen molar-refractivity contribution in [1.82, 2.24) is 10.2 Å². The maximum absolute atomic E-state index is 13.2. The first-order chi connectivity index (χ1) is 17.4. The molecule has 2 N–H and O–H groups in total. The van der Waals surface area contributed by atoms with Crippen molar-refractivity contribution in [2.75, 3.05) is 46.4 Å². The van der Waals surface area contributed by atoms with Crippen molar-refractivity contribution in [1.29, 1.82) is 0 Å². The number of alkyl halides is 3. The Bertz CT molecular complexity index is 1190. The summed E-state index contributed by atoms with van der Waals surface area (Å²) in [5.74, 6) is -0.945. The van der Waals surface area contributed by atoms with Crippen LogP contribution in [0.1, 0.15) is 18.1 Å². The van der Waals surface area contributed by atoms with Gasteiger partial charge >= 0.3 is 12.2 Å². The monoisotopic (exact) mass is 525 g/mol. The lowest BCUT2D eigenvalue weighted by atomic mass is 9.91. The Labute approximate surface area is 210 Å². The van der Waals surface area contributed by atoms with E-state index in [4.69, 9.17) is 18.9 Å². The van der Waals surface area contributed by atoms with Gasteiger partial charge in [0.15, 0.2) is 11.5 Å². The molecule has 2 aromatic rings. The second-order valence-corrected chi connectivity index (χ2v) is 8.11. The third kappa shape index (κ3) is 5.88. The zero-order valence-corrected chi connectivity index (χ0v) is 20.5. The summed E-state index contributed by atoms with van der Waals surface area (Å²) < 4.78 is 60.4. The van der Waals surface area contributed by atoms with Gasteiger partial charge in [-0.25, -0.2) is 4.79 Å². The fraction of sp³-hybridized carbons (Fsp3) is 0.375. The van der Waals surface area contributed by atoms with Gasteiger partial charge in [0.25, 0.3) is 5.91 Å². The lowest BCUT2D eigenvalue weighted by molar-refractivity contribution is -0.137. The van der Waals surface area contributed by atoms with Gasteiger partial charge in [0.2, 0.25) is 5.91 Å². The van der Waals surface area contributed by atoms with E-state index in [1.165, 1.54) is 34.3 Å². The molecule has 1 aliphatic rings. The highest BCUT2D eigenvalue weighted by atomic mass is 19.4. The number of nitrogens with one attached hydrogen (secondary N) is 2. The van der Waals surface area contributed by atoms with Crippen LogP contribution >= 0.6 is 0 Å². The lowest BCUT2D eigenvalue weighted by Crippen LogP contribution is -2.42.